The Morgan fingerprint density at radius 3 is 2.74 bits per heavy atom. The zero-order valence-corrected chi connectivity index (χ0v) is 11.5. The number of carbonyl (C=O) groups is 1. The van der Waals surface area contributed by atoms with Crippen LogP contribution in [0.4, 0.5) is 5.69 Å². The molecular formula is C14H20N2O3. The van der Waals surface area contributed by atoms with Gasteiger partial charge in [-0.2, -0.15) is 0 Å². The number of anilines is 1. The molecule has 3 N–H and O–H groups in total. The highest BCUT2D eigenvalue weighted by molar-refractivity contribution is 5.99. The number of amides is 1. The van der Waals surface area contributed by atoms with Crippen LogP contribution < -0.4 is 15.4 Å². The maximum absolute atomic E-state index is 12.2. The Labute approximate surface area is 113 Å². The quantitative estimate of drug-likeness (QED) is 0.856. The summed E-state index contributed by atoms with van der Waals surface area (Å²) in [6.07, 6.45) is -1.18. The predicted molar refractivity (Wildman–Crippen MR) is 73.1 cm³/mol. The van der Waals surface area contributed by atoms with Crippen LogP contribution in [0.2, 0.25) is 0 Å². The lowest BCUT2D eigenvalue weighted by atomic mass is 10.0. The summed E-state index contributed by atoms with van der Waals surface area (Å²) >= 11 is 0. The minimum absolute atomic E-state index is 0.0677. The molecule has 0 saturated heterocycles. The lowest BCUT2D eigenvalue weighted by Crippen LogP contribution is -2.46. The molecule has 5 nitrogen and oxygen atoms in total. The molecule has 1 heterocycles. The molecular weight excluding hydrogens is 244 g/mol. The SMILES string of the molecule is CC(C)C1Oc2ccc(C(O)CN)cc2N(C)C1=O. The van der Waals surface area contributed by atoms with Crippen molar-refractivity contribution >= 4 is 11.6 Å². The van der Waals surface area contributed by atoms with Gasteiger partial charge in [0.15, 0.2) is 6.10 Å². The molecule has 104 valence electrons. The number of hydrogen-bond acceptors (Lipinski definition) is 4. The minimum atomic E-state index is -0.725. The van der Waals surface area contributed by atoms with Gasteiger partial charge in [0.05, 0.1) is 11.8 Å². The summed E-state index contributed by atoms with van der Waals surface area (Å²) in [6, 6.07) is 5.31. The van der Waals surface area contributed by atoms with E-state index in [0.717, 1.165) is 0 Å². The maximum atomic E-state index is 12.2. The van der Waals surface area contributed by atoms with E-state index in [9.17, 15) is 9.90 Å². The number of hydrogen-bond donors (Lipinski definition) is 2. The summed E-state index contributed by atoms with van der Waals surface area (Å²) in [6.45, 7) is 4.05. The van der Waals surface area contributed by atoms with Crippen molar-refractivity contribution in [3.8, 4) is 5.75 Å². The minimum Gasteiger partial charge on any atom is -0.478 e. The van der Waals surface area contributed by atoms with Crippen LogP contribution >= 0.6 is 0 Å². The molecule has 0 spiro atoms. The molecule has 0 aromatic heterocycles. The Morgan fingerprint density at radius 1 is 1.47 bits per heavy atom. The molecule has 1 amide bonds. The second kappa shape index (κ2) is 5.19. The number of ether oxygens (including phenoxy) is 1. The van der Waals surface area contributed by atoms with Crippen LogP contribution in [-0.2, 0) is 4.79 Å². The number of nitrogens with zero attached hydrogens (tertiary/aromatic N) is 1. The van der Waals surface area contributed by atoms with Crippen molar-refractivity contribution in [3.63, 3.8) is 0 Å². The van der Waals surface area contributed by atoms with Crippen molar-refractivity contribution < 1.29 is 14.6 Å². The second-order valence-electron chi connectivity index (χ2n) is 5.16. The lowest BCUT2D eigenvalue weighted by molar-refractivity contribution is -0.127. The molecule has 1 aliphatic rings. The topological polar surface area (TPSA) is 75.8 Å². The van der Waals surface area contributed by atoms with E-state index in [2.05, 4.69) is 0 Å². The molecule has 5 heteroatoms. The van der Waals surface area contributed by atoms with Crippen LogP contribution in [-0.4, -0.2) is 30.7 Å². The van der Waals surface area contributed by atoms with E-state index in [1.54, 1.807) is 30.1 Å². The first-order valence-electron chi connectivity index (χ1n) is 6.42. The van der Waals surface area contributed by atoms with E-state index >= 15 is 0 Å². The van der Waals surface area contributed by atoms with Crippen molar-refractivity contribution in [2.45, 2.75) is 26.1 Å². The van der Waals surface area contributed by atoms with Crippen LogP contribution in [0, 0.1) is 5.92 Å². The molecule has 2 rings (SSSR count). The molecule has 0 radical (unpaired) electrons. The van der Waals surface area contributed by atoms with Crippen molar-refractivity contribution in [2.24, 2.45) is 11.7 Å². The Balaban J connectivity index is 2.39. The van der Waals surface area contributed by atoms with Gasteiger partial charge in [-0.15, -0.1) is 0 Å². The van der Waals surface area contributed by atoms with Gasteiger partial charge in [0, 0.05) is 13.6 Å². The highest BCUT2D eigenvalue weighted by Crippen LogP contribution is 2.36. The molecule has 0 aliphatic carbocycles. The fourth-order valence-corrected chi connectivity index (χ4v) is 2.16. The van der Waals surface area contributed by atoms with E-state index in [4.69, 9.17) is 10.5 Å². The van der Waals surface area contributed by atoms with E-state index < -0.39 is 12.2 Å². The van der Waals surface area contributed by atoms with Crippen LogP contribution in [0.3, 0.4) is 0 Å². The predicted octanol–water partition coefficient (Wildman–Crippen LogP) is 1.06. The van der Waals surface area contributed by atoms with Crippen molar-refractivity contribution in [3.05, 3.63) is 23.8 Å². The number of aliphatic hydroxyl groups excluding tert-OH is 1. The third-order valence-electron chi connectivity index (χ3n) is 3.39. The number of benzene rings is 1. The molecule has 0 bridgehead atoms. The van der Waals surface area contributed by atoms with Crippen LogP contribution in [0.15, 0.2) is 18.2 Å². The Bertz CT molecular complexity index is 488. The van der Waals surface area contributed by atoms with Gasteiger partial charge in [-0.05, 0) is 23.6 Å². The number of carbonyl (C=O) groups excluding carboxylic acids is 1. The summed E-state index contributed by atoms with van der Waals surface area (Å²) in [5, 5.41) is 9.75. The third-order valence-corrected chi connectivity index (χ3v) is 3.39. The Hall–Kier alpha value is -1.59. The van der Waals surface area contributed by atoms with E-state index in [1.807, 2.05) is 13.8 Å². The first kappa shape index (κ1) is 13.8. The molecule has 2 unspecified atom stereocenters. The monoisotopic (exact) mass is 264 g/mol. The molecule has 19 heavy (non-hydrogen) atoms. The van der Waals surface area contributed by atoms with E-state index in [-0.39, 0.29) is 18.4 Å². The number of rotatable bonds is 3. The van der Waals surface area contributed by atoms with Crippen LogP contribution in [0.25, 0.3) is 0 Å². The summed E-state index contributed by atoms with van der Waals surface area (Å²) in [5.41, 5.74) is 6.80. The molecule has 0 fully saturated rings. The number of likely N-dealkylation sites (N-methyl/N-ethyl adjacent to an activating group) is 1. The zero-order chi connectivity index (χ0) is 14.2. The summed E-state index contributed by atoms with van der Waals surface area (Å²) < 4.78 is 5.74. The highest BCUT2D eigenvalue weighted by atomic mass is 16.5. The van der Waals surface area contributed by atoms with E-state index in [0.29, 0.717) is 17.0 Å². The number of fused-ring (bicyclic) bond motifs is 1. The lowest BCUT2D eigenvalue weighted by Gasteiger charge is -2.34. The standard InChI is InChI=1S/C14H20N2O3/c1-8(2)13-14(18)16(3)10-6-9(11(17)7-15)4-5-12(10)19-13/h4-6,8,11,13,17H,7,15H2,1-3H3. The van der Waals surface area contributed by atoms with Crippen molar-refractivity contribution in [2.75, 3.05) is 18.5 Å². The summed E-state index contributed by atoms with van der Waals surface area (Å²) in [5.74, 6) is 0.702. The fraction of sp³-hybridized carbons (Fsp3) is 0.500. The van der Waals surface area contributed by atoms with E-state index in [1.165, 1.54) is 0 Å². The summed E-state index contributed by atoms with van der Waals surface area (Å²) in [4.78, 5) is 13.8. The number of nitrogens with two attached hydrogens (primary N) is 1. The smallest absolute Gasteiger partial charge is 0.268 e. The second-order valence-corrected chi connectivity index (χ2v) is 5.16. The van der Waals surface area contributed by atoms with Gasteiger partial charge in [0.25, 0.3) is 5.91 Å². The molecule has 2 atom stereocenters. The van der Waals surface area contributed by atoms with Crippen molar-refractivity contribution in [1.82, 2.24) is 0 Å². The van der Waals surface area contributed by atoms with Crippen LogP contribution in [0.5, 0.6) is 5.75 Å². The molecule has 0 saturated carbocycles. The van der Waals surface area contributed by atoms with Gasteiger partial charge < -0.3 is 20.5 Å². The average molecular weight is 264 g/mol. The van der Waals surface area contributed by atoms with Gasteiger partial charge in [-0.1, -0.05) is 19.9 Å². The molecule has 1 aliphatic heterocycles. The maximum Gasteiger partial charge on any atom is 0.268 e. The first-order chi connectivity index (χ1) is 8.95. The molecule has 1 aromatic rings. The average Bonchev–Trinajstić information content (AvgIpc) is 2.41. The van der Waals surface area contributed by atoms with Crippen LogP contribution in [0.1, 0.15) is 25.5 Å². The normalized spacial score (nSPS) is 20.2. The third kappa shape index (κ3) is 2.43. The largest absolute Gasteiger partial charge is 0.478 e. The highest BCUT2D eigenvalue weighted by Gasteiger charge is 2.34. The van der Waals surface area contributed by atoms with Gasteiger partial charge in [-0.3, -0.25) is 4.79 Å². The van der Waals surface area contributed by atoms with Gasteiger partial charge in [-0.25, -0.2) is 0 Å². The Morgan fingerprint density at radius 2 is 2.16 bits per heavy atom. The fourth-order valence-electron chi connectivity index (χ4n) is 2.16. The molecule has 1 aromatic carbocycles. The van der Waals surface area contributed by atoms with Crippen molar-refractivity contribution in [1.29, 1.82) is 0 Å². The van der Waals surface area contributed by atoms with Gasteiger partial charge >= 0.3 is 0 Å². The van der Waals surface area contributed by atoms with Gasteiger partial charge in [0.1, 0.15) is 5.75 Å². The summed E-state index contributed by atoms with van der Waals surface area (Å²) in [7, 11) is 1.72. The number of aliphatic hydroxyl groups is 1. The van der Waals surface area contributed by atoms with Gasteiger partial charge in [0.2, 0.25) is 0 Å². The zero-order valence-electron chi connectivity index (χ0n) is 11.5. The first-order valence-corrected chi connectivity index (χ1v) is 6.42. The Kier molecular flexibility index (Phi) is 3.78.